The maximum absolute atomic E-state index is 11.5. The van der Waals surface area contributed by atoms with Crippen LogP contribution >= 0.6 is 23.1 Å². The maximum atomic E-state index is 11.5. The Labute approximate surface area is 153 Å². The second-order valence-corrected chi connectivity index (χ2v) is 7.67. The van der Waals surface area contributed by atoms with Crippen LogP contribution in [0.5, 0.6) is 5.75 Å². The normalized spacial score (nSPS) is 15.5. The van der Waals surface area contributed by atoms with Crippen LogP contribution in [0.15, 0.2) is 35.4 Å². The molecule has 25 heavy (non-hydrogen) atoms. The number of benzene rings is 1. The molecule has 2 heterocycles. The van der Waals surface area contributed by atoms with Gasteiger partial charge in [-0.2, -0.15) is 0 Å². The molecular weight excluding hydrogens is 358 g/mol. The van der Waals surface area contributed by atoms with Crippen LogP contribution in [0.3, 0.4) is 0 Å². The Hall–Kier alpha value is -2.32. The highest BCUT2D eigenvalue weighted by atomic mass is 32.2. The third-order valence-electron chi connectivity index (χ3n) is 3.45. The molecule has 0 radical (unpaired) electrons. The summed E-state index contributed by atoms with van der Waals surface area (Å²) in [6.07, 6.45) is 3.55. The van der Waals surface area contributed by atoms with Crippen LogP contribution in [-0.2, 0) is 4.79 Å². The number of thioether (sulfide) groups is 1. The van der Waals surface area contributed by atoms with Crippen molar-refractivity contribution in [1.29, 1.82) is 0 Å². The Bertz CT molecular complexity index is 815. The summed E-state index contributed by atoms with van der Waals surface area (Å²) in [6.45, 7) is 3.31. The number of thiazole rings is 1. The Balaban J connectivity index is 1.52. The van der Waals surface area contributed by atoms with E-state index in [4.69, 9.17) is 4.74 Å². The largest absolute Gasteiger partial charge is 0.492 e. The minimum absolute atomic E-state index is 0.337. The summed E-state index contributed by atoms with van der Waals surface area (Å²) in [5, 5.41) is 2.87. The number of imide groups is 1. The second kappa shape index (κ2) is 7.71. The first kappa shape index (κ1) is 17.5. The van der Waals surface area contributed by atoms with Gasteiger partial charge in [-0.25, -0.2) is 4.98 Å². The predicted octanol–water partition coefficient (Wildman–Crippen LogP) is 3.29. The summed E-state index contributed by atoms with van der Waals surface area (Å²) in [5.74, 6) is 0.404. The van der Waals surface area contributed by atoms with Gasteiger partial charge in [0.15, 0.2) is 5.13 Å². The number of nitrogens with one attached hydrogen (secondary N) is 1. The molecule has 1 aliphatic heterocycles. The summed E-state index contributed by atoms with van der Waals surface area (Å²) in [4.78, 5) is 30.7. The van der Waals surface area contributed by atoms with Crippen LogP contribution in [0, 0.1) is 6.92 Å². The summed E-state index contributed by atoms with van der Waals surface area (Å²) in [7, 11) is 1.99. The Kier molecular flexibility index (Phi) is 5.40. The van der Waals surface area contributed by atoms with E-state index in [2.05, 4.69) is 15.2 Å². The molecule has 1 aromatic carbocycles. The summed E-state index contributed by atoms with van der Waals surface area (Å²) in [6, 6.07) is 7.40. The lowest BCUT2D eigenvalue weighted by Gasteiger charge is -2.16. The summed E-state index contributed by atoms with van der Waals surface area (Å²) < 4.78 is 5.74. The van der Waals surface area contributed by atoms with Gasteiger partial charge in [0.25, 0.3) is 11.1 Å². The second-order valence-electron chi connectivity index (χ2n) is 5.44. The third-order valence-corrected chi connectivity index (χ3v) is 5.29. The van der Waals surface area contributed by atoms with Gasteiger partial charge in [0.2, 0.25) is 0 Å². The maximum Gasteiger partial charge on any atom is 0.290 e. The lowest BCUT2D eigenvalue weighted by Crippen LogP contribution is -2.23. The lowest BCUT2D eigenvalue weighted by molar-refractivity contribution is -0.115. The quantitative estimate of drug-likeness (QED) is 0.781. The standard InChI is InChI=1S/C17H17N3O3S2/c1-11-10-18-16(24-11)20(2)7-8-23-13-5-3-12(4-6-13)9-14-15(21)19-17(22)25-14/h3-6,9-10H,7-8H2,1-2H3,(H,19,21,22)/b14-9+. The van der Waals surface area contributed by atoms with E-state index in [0.29, 0.717) is 11.5 Å². The van der Waals surface area contributed by atoms with Gasteiger partial charge in [-0.15, -0.1) is 11.3 Å². The summed E-state index contributed by atoms with van der Waals surface area (Å²) >= 11 is 2.56. The average Bonchev–Trinajstić information content (AvgIpc) is 3.14. The van der Waals surface area contributed by atoms with Crippen molar-refractivity contribution >= 4 is 45.5 Å². The first-order chi connectivity index (χ1) is 12.0. The Morgan fingerprint density at radius 2 is 2.04 bits per heavy atom. The zero-order valence-corrected chi connectivity index (χ0v) is 15.4. The minimum Gasteiger partial charge on any atom is -0.492 e. The number of ether oxygens (including phenoxy) is 1. The van der Waals surface area contributed by atoms with Crippen molar-refractivity contribution in [2.24, 2.45) is 0 Å². The Morgan fingerprint density at radius 1 is 1.28 bits per heavy atom. The first-order valence-corrected chi connectivity index (χ1v) is 9.26. The van der Waals surface area contributed by atoms with Crippen molar-refractivity contribution in [3.05, 3.63) is 45.8 Å². The van der Waals surface area contributed by atoms with Gasteiger partial charge in [0.1, 0.15) is 12.4 Å². The summed E-state index contributed by atoms with van der Waals surface area (Å²) in [5.41, 5.74) is 0.843. The molecule has 0 atom stereocenters. The van der Waals surface area contributed by atoms with Crippen molar-refractivity contribution in [2.75, 3.05) is 25.1 Å². The monoisotopic (exact) mass is 375 g/mol. The fraction of sp³-hybridized carbons (Fsp3) is 0.235. The van der Waals surface area contributed by atoms with Gasteiger partial charge in [-0.1, -0.05) is 12.1 Å². The number of hydrogen-bond acceptors (Lipinski definition) is 7. The molecule has 1 saturated heterocycles. The SMILES string of the molecule is Cc1cnc(N(C)CCOc2ccc(/C=C3/SC(=O)NC3=O)cc2)s1. The molecule has 2 aromatic rings. The van der Waals surface area contributed by atoms with Gasteiger partial charge in [-0.3, -0.25) is 14.9 Å². The highest BCUT2D eigenvalue weighted by Crippen LogP contribution is 2.26. The van der Waals surface area contributed by atoms with E-state index in [0.717, 1.165) is 34.8 Å². The molecule has 0 spiro atoms. The molecular formula is C17H17N3O3S2. The van der Waals surface area contributed by atoms with E-state index < -0.39 is 0 Å². The fourth-order valence-corrected chi connectivity index (χ4v) is 3.58. The van der Waals surface area contributed by atoms with E-state index >= 15 is 0 Å². The third kappa shape index (κ3) is 4.61. The molecule has 1 fully saturated rings. The van der Waals surface area contributed by atoms with Crippen molar-refractivity contribution in [3.63, 3.8) is 0 Å². The highest BCUT2D eigenvalue weighted by molar-refractivity contribution is 8.18. The molecule has 0 aliphatic carbocycles. The van der Waals surface area contributed by atoms with Gasteiger partial charge in [0.05, 0.1) is 11.4 Å². The number of anilines is 1. The van der Waals surface area contributed by atoms with Crippen molar-refractivity contribution in [1.82, 2.24) is 10.3 Å². The first-order valence-electron chi connectivity index (χ1n) is 7.62. The van der Waals surface area contributed by atoms with Crippen molar-refractivity contribution < 1.29 is 14.3 Å². The van der Waals surface area contributed by atoms with E-state index in [1.807, 2.05) is 44.4 Å². The molecule has 8 heteroatoms. The molecule has 6 nitrogen and oxygen atoms in total. The molecule has 1 aromatic heterocycles. The number of likely N-dealkylation sites (N-methyl/N-ethyl adjacent to an activating group) is 1. The Morgan fingerprint density at radius 3 is 2.64 bits per heavy atom. The molecule has 0 saturated carbocycles. The molecule has 130 valence electrons. The van der Waals surface area contributed by atoms with Crippen molar-refractivity contribution in [3.8, 4) is 5.75 Å². The van der Waals surface area contributed by atoms with Crippen molar-refractivity contribution in [2.45, 2.75) is 6.92 Å². The van der Waals surface area contributed by atoms with Crippen LogP contribution in [0.25, 0.3) is 6.08 Å². The topological polar surface area (TPSA) is 71.5 Å². The number of aryl methyl sites for hydroxylation is 1. The smallest absolute Gasteiger partial charge is 0.290 e. The van der Waals surface area contributed by atoms with Gasteiger partial charge in [0, 0.05) is 18.1 Å². The van der Waals surface area contributed by atoms with Gasteiger partial charge >= 0.3 is 0 Å². The van der Waals surface area contributed by atoms with Crippen LogP contribution in [0.1, 0.15) is 10.4 Å². The zero-order valence-electron chi connectivity index (χ0n) is 13.8. The molecule has 1 aliphatic rings. The lowest BCUT2D eigenvalue weighted by atomic mass is 10.2. The average molecular weight is 375 g/mol. The van der Waals surface area contributed by atoms with Crippen LogP contribution in [0.2, 0.25) is 0 Å². The molecule has 0 bridgehead atoms. The number of hydrogen-bond donors (Lipinski definition) is 1. The van der Waals surface area contributed by atoms with E-state index in [1.54, 1.807) is 17.4 Å². The molecule has 3 rings (SSSR count). The van der Waals surface area contributed by atoms with Gasteiger partial charge < -0.3 is 9.64 Å². The highest BCUT2D eigenvalue weighted by Gasteiger charge is 2.24. The zero-order chi connectivity index (χ0) is 17.8. The van der Waals surface area contributed by atoms with E-state index in [9.17, 15) is 9.59 Å². The number of aromatic nitrogens is 1. The number of carbonyl (C=O) groups excluding carboxylic acids is 2. The molecule has 0 unspecified atom stereocenters. The molecule has 1 N–H and O–H groups in total. The molecule has 2 amide bonds. The number of nitrogens with zero attached hydrogens (tertiary/aromatic N) is 2. The van der Waals surface area contributed by atoms with E-state index in [1.165, 1.54) is 4.88 Å². The van der Waals surface area contributed by atoms with Crippen LogP contribution in [-0.4, -0.2) is 36.3 Å². The van der Waals surface area contributed by atoms with Gasteiger partial charge in [-0.05, 0) is 42.5 Å². The minimum atomic E-state index is -0.351. The predicted molar refractivity (Wildman–Crippen MR) is 101 cm³/mol. The van der Waals surface area contributed by atoms with E-state index in [-0.39, 0.29) is 11.1 Å². The van der Waals surface area contributed by atoms with Crippen LogP contribution in [0.4, 0.5) is 9.93 Å². The number of rotatable bonds is 6. The fourth-order valence-electron chi connectivity index (χ4n) is 2.15. The number of amides is 2. The van der Waals surface area contributed by atoms with Crippen LogP contribution < -0.4 is 15.0 Å². The number of carbonyl (C=O) groups is 2.